The van der Waals surface area contributed by atoms with Gasteiger partial charge in [0.15, 0.2) is 0 Å². The lowest BCUT2D eigenvalue weighted by Crippen LogP contribution is -2.16. The number of benzene rings is 21. The summed E-state index contributed by atoms with van der Waals surface area (Å²) in [7, 11) is 0. The number of hydrogen-bond donors (Lipinski definition) is 0. The Morgan fingerprint density at radius 2 is 0.246 bits per heavy atom. The topological polar surface area (TPSA) is 6.48 Å². The van der Waals surface area contributed by atoms with Crippen LogP contribution in [0.5, 0.6) is 0 Å². The Bertz CT molecular complexity index is 7610. The Hall–Kier alpha value is -16.8. The van der Waals surface area contributed by atoms with Crippen LogP contribution in [0, 0.1) is 0 Å². The van der Waals surface area contributed by atoms with Gasteiger partial charge in [-0.1, -0.05) is 458 Å². The van der Waals surface area contributed by atoms with Crippen molar-refractivity contribution in [3.05, 3.63) is 544 Å². The normalized spacial score (nSPS) is 12.3. The third-order valence-electron chi connectivity index (χ3n) is 27.5. The molecule has 0 spiro atoms. The van der Waals surface area contributed by atoms with Gasteiger partial charge in [0.05, 0.1) is 0 Å². The van der Waals surface area contributed by atoms with E-state index in [-0.39, 0.29) is 10.8 Å². The van der Waals surface area contributed by atoms with Crippen molar-refractivity contribution >= 4 is 34.1 Å². The van der Waals surface area contributed by atoms with Gasteiger partial charge in [0.2, 0.25) is 0 Å². The molecule has 21 aromatic rings. The number of rotatable bonds is 19. The summed E-state index contributed by atoms with van der Waals surface area (Å²) in [6.07, 6.45) is 0. The van der Waals surface area contributed by atoms with Crippen LogP contribution >= 0.6 is 0 Å². The average Bonchev–Trinajstić information content (AvgIpc) is 1.57. The molecule has 0 radical (unpaired) electrons. The summed E-state index contributed by atoms with van der Waals surface area (Å²) in [5.74, 6) is 0. The van der Waals surface area contributed by atoms with Crippen molar-refractivity contribution in [3.8, 4) is 167 Å². The van der Waals surface area contributed by atoms with Crippen LogP contribution in [0.1, 0.15) is 49.9 Å². The summed E-state index contributed by atoms with van der Waals surface area (Å²) in [5.41, 5.74) is 48.5. The fourth-order valence-electron chi connectivity index (χ4n) is 20.0. The van der Waals surface area contributed by atoms with Crippen molar-refractivity contribution in [1.82, 2.24) is 0 Å². The summed E-state index contributed by atoms with van der Waals surface area (Å²) in [5, 5.41) is 0. The van der Waals surface area contributed by atoms with E-state index in [4.69, 9.17) is 0 Å². The van der Waals surface area contributed by atoms with Gasteiger partial charge in [-0.05, 0) is 280 Å². The van der Waals surface area contributed by atoms with Crippen molar-refractivity contribution in [3.63, 3.8) is 0 Å². The lowest BCUT2D eigenvalue weighted by atomic mass is 9.81. The van der Waals surface area contributed by atoms with Crippen LogP contribution in [-0.4, -0.2) is 0 Å². The van der Waals surface area contributed by atoms with E-state index in [2.05, 4.69) is 559 Å². The number of hydrogen-bond acceptors (Lipinski definition) is 2. The van der Waals surface area contributed by atoms with E-state index in [9.17, 15) is 0 Å². The maximum atomic E-state index is 2.43. The zero-order valence-electron chi connectivity index (χ0n) is 75.5. The molecule has 2 heteroatoms. The second-order valence-electron chi connectivity index (χ2n) is 36.3. The van der Waals surface area contributed by atoms with Crippen LogP contribution in [0.3, 0.4) is 0 Å². The predicted octanol–water partition coefficient (Wildman–Crippen LogP) is 36.6. The molecule has 0 bridgehead atoms. The number of anilines is 6. The second kappa shape index (κ2) is 35.9. The Kier molecular flexibility index (Phi) is 22.2. The molecule has 636 valence electrons. The molecule has 0 saturated heterocycles. The first-order chi connectivity index (χ1) is 65.9. The molecule has 0 atom stereocenters. The second-order valence-corrected chi connectivity index (χ2v) is 36.3. The molecule has 2 aliphatic rings. The molecular weight excluding hydrogens is 1610 g/mol. The standard InChI is InChI=1S/C69H51N.C63H47N/c1-69(2)67-46-61(60-32-30-55(31-33-60)54-24-18-51(19-25-54)48-12-6-3-7-13-48)38-44-65(67)66-45-43-64(47-68(66)69)70(62-39-34-58(35-40-62)56-26-20-52(21-27-56)49-14-8-4-9-15-49)63-41-36-59(37-42-63)57-28-22-53(23-29-57)50-16-10-5-11-17-50;1-63(2)61-42-55(51-27-25-49(26-28-51)48-23-21-47(22-24-48)44-13-6-3-7-14-44)33-39-59(61)60-40-38-58(43-62(60)63)64(56-34-29-50(30-35-56)45-15-8-4-9-16-45)57-36-31-52(32-37-57)54-20-12-19-53(41-54)46-17-10-5-11-18-46/h3-47H,1-2H3;3-43H,1-2H3. The zero-order valence-corrected chi connectivity index (χ0v) is 75.5. The number of fused-ring (bicyclic) bond motifs is 6. The summed E-state index contributed by atoms with van der Waals surface area (Å²) in [6, 6.07) is 190. The molecule has 0 unspecified atom stereocenters. The summed E-state index contributed by atoms with van der Waals surface area (Å²) in [6.45, 7) is 9.52. The molecular formula is C132H98N2. The summed E-state index contributed by atoms with van der Waals surface area (Å²) < 4.78 is 0. The lowest BCUT2D eigenvalue weighted by molar-refractivity contribution is 0.660. The first-order valence-electron chi connectivity index (χ1n) is 46.5. The molecule has 0 fully saturated rings. The fourth-order valence-corrected chi connectivity index (χ4v) is 20.0. The van der Waals surface area contributed by atoms with E-state index in [1.165, 1.54) is 189 Å². The Balaban J connectivity index is 0.000000157. The maximum absolute atomic E-state index is 2.43. The van der Waals surface area contributed by atoms with Crippen molar-refractivity contribution < 1.29 is 0 Å². The summed E-state index contributed by atoms with van der Waals surface area (Å²) in [4.78, 5) is 4.81. The smallest absolute Gasteiger partial charge is 0.0465 e. The minimum absolute atomic E-state index is 0.201. The minimum atomic E-state index is -0.214. The van der Waals surface area contributed by atoms with Gasteiger partial charge in [0.25, 0.3) is 0 Å². The van der Waals surface area contributed by atoms with E-state index in [1.807, 2.05) is 0 Å². The molecule has 0 saturated carbocycles. The lowest BCUT2D eigenvalue weighted by Gasteiger charge is -2.28. The Labute approximate surface area is 787 Å². The molecule has 0 N–H and O–H groups in total. The first-order valence-corrected chi connectivity index (χ1v) is 46.5. The Morgan fingerprint density at radius 1 is 0.112 bits per heavy atom. The SMILES string of the molecule is CC1(C)c2cc(-c3ccc(-c4ccc(-c5ccccc5)cc4)cc3)ccc2-c2ccc(N(c3ccc(-c4ccc(-c5ccccc5)cc4)cc3)c3ccc(-c4ccc(-c5ccccc5)cc4)cc3)cc21.CC1(C)c2cc(-c3ccc(-c4ccc(-c5ccccc5)cc4)cc3)ccc2-c2ccc(N(c3ccc(-c4ccccc4)cc3)c3ccc(-c4cccc(-c5ccccc5)c4)cc3)cc21. The van der Waals surface area contributed by atoms with Crippen LogP contribution in [-0.2, 0) is 10.8 Å². The van der Waals surface area contributed by atoms with Crippen LogP contribution in [0.2, 0.25) is 0 Å². The molecule has 0 aliphatic heterocycles. The molecule has 0 heterocycles. The highest BCUT2D eigenvalue weighted by Gasteiger charge is 2.38. The van der Waals surface area contributed by atoms with E-state index in [1.54, 1.807) is 0 Å². The van der Waals surface area contributed by atoms with E-state index in [0.717, 1.165) is 34.1 Å². The fraction of sp³-hybridized carbons (Fsp3) is 0.0455. The molecule has 134 heavy (non-hydrogen) atoms. The van der Waals surface area contributed by atoms with Crippen molar-refractivity contribution in [2.24, 2.45) is 0 Å². The molecule has 0 amide bonds. The van der Waals surface area contributed by atoms with Gasteiger partial charge in [-0.25, -0.2) is 0 Å². The van der Waals surface area contributed by atoms with Gasteiger partial charge in [0, 0.05) is 45.0 Å². The highest BCUT2D eigenvalue weighted by molar-refractivity contribution is 5.92. The van der Waals surface area contributed by atoms with E-state index < -0.39 is 0 Å². The molecule has 0 aromatic heterocycles. The predicted molar refractivity (Wildman–Crippen MR) is 568 cm³/mol. The average molecular weight is 1710 g/mol. The van der Waals surface area contributed by atoms with Crippen LogP contribution in [0.25, 0.3) is 167 Å². The van der Waals surface area contributed by atoms with Crippen LogP contribution in [0.4, 0.5) is 34.1 Å². The monoisotopic (exact) mass is 1710 g/mol. The van der Waals surface area contributed by atoms with Crippen molar-refractivity contribution in [2.75, 3.05) is 9.80 Å². The van der Waals surface area contributed by atoms with Crippen LogP contribution < -0.4 is 9.80 Å². The summed E-state index contributed by atoms with van der Waals surface area (Å²) >= 11 is 0. The molecule has 23 rings (SSSR count). The van der Waals surface area contributed by atoms with Crippen molar-refractivity contribution in [2.45, 2.75) is 38.5 Å². The minimum Gasteiger partial charge on any atom is -0.310 e. The van der Waals surface area contributed by atoms with Gasteiger partial charge in [-0.2, -0.15) is 0 Å². The van der Waals surface area contributed by atoms with E-state index >= 15 is 0 Å². The van der Waals surface area contributed by atoms with Crippen molar-refractivity contribution in [1.29, 1.82) is 0 Å². The third-order valence-corrected chi connectivity index (χ3v) is 27.5. The molecule has 2 nitrogen and oxygen atoms in total. The van der Waals surface area contributed by atoms with Gasteiger partial charge in [-0.15, -0.1) is 0 Å². The van der Waals surface area contributed by atoms with Gasteiger partial charge in [0.1, 0.15) is 0 Å². The largest absolute Gasteiger partial charge is 0.310 e. The highest BCUT2D eigenvalue weighted by atomic mass is 15.1. The zero-order chi connectivity index (χ0) is 90.1. The quantitative estimate of drug-likeness (QED) is 0.0796. The van der Waals surface area contributed by atoms with Gasteiger partial charge in [-0.3, -0.25) is 0 Å². The molecule has 21 aromatic carbocycles. The van der Waals surface area contributed by atoms with Gasteiger partial charge >= 0.3 is 0 Å². The van der Waals surface area contributed by atoms with E-state index in [0.29, 0.717) is 0 Å². The first kappa shape index (κ1) is 82.9. The molecule has 2 aliphatic carbocycles. The van der Waals surface area contributed by atoms with Crippen LogP contribution in [0.15, 0.2) is 522 Å². The van der Waals surface area contributed by atoms with Gasteiger partial charge < -0.3 is 9.80 Å². The highest BCUT2D eigenvalue weighted by Crippen LogP contribution is 2.55. The number of nitrogens with zero attached hydrogens (tertiary/aromatic N) is 2. The third kappa shape index (κ3) is 16.6. The maximum Gasteiger partial charge on any atom is 0.0465 e. The Morgan fingerprint density at radius 3 is 0.455 bits per heavy atom.